The predicted molar refractivity (Wildman–Crippen MR) is 97.4 cm³/mol. The summed E-state index contributed by atoms with van der Waals surface area (Å²) in [5.41, 5.74) is 2.39. The first kappa shape index (κ1) is 20.7. The summed E-state index contributed by atoms with van der Waals surface area (Å²) in [7, 11) is 0. The van der Waals surface area contributed by atoms with E-state index >= 15 is 0 Å². The third kappa shape index (κ3) is 8.19. The van der Waals surface area contributed by atoms with E-state index < -0.39 is 0 Å². The minimum Gasteiger partial charge on any atom is -0.207 e. The van der Waals surface area contributed by atoms with Crippen molar-refractivity contribution in [3.8, 4) is 0 Å². The van der Waals surface area contributed by atoms with E-state index in [1.807, 2.05) is 32.0 Å². The van der Waals surface area contributed by atoms with Gasteiger partial charge in [-0.1, -0.05) is 77.4 Å². The third-order valence-corrected chi connectivity index (χ3v) is 3.30. The molecule has 2 rings (SSSR count). The van der Waals surface area contributed by atoms with Crippen molar-refractivity contribution in [2.75, 3.05) is 0 Å². The summed E-state index contributed by atoms with van der Waals surface area (Å²) in [5, 5.41) is 0.810. The van der Waals surface area contributed by atoms with Gasteiger partial charge in [0, 0.05) is 5.02 Å². The Morgan fingerprint density at radius 2 is 1.27 bits per heavy atom. The molecule has 0 spiro atoms. The average Bonchev–Trinajstić information content (AvgIpc) is 2.50. The molecule has 0 atom stereocenters. The molecule has 0 aliphatic carbocycles. The number of hydrogen-bond donors (Lipinski definition) is 0. The molecule has 122 valence electrons. The quantitative estimate of drug-likeness (QED) is 0.539. The molecule has 2 aromatic carbocycles. The molecule has 0 nitrogen and oxygen atoms in total. The van der Waals surface area contributed by atoms with E-state index in [-0.39, 0.29) is 5.82 Å². The van der Waals surface area contributed by atoms with Crippen LogP contribution in [-0.4, -0.2) is 0 Å². The minimum absolute atomic E-state index is 0.147. The van der Waals surface area contributed by atoms with Gasteiger partial charge in [-0.05, 0) is 47.2 Å². The fourth-order valence-electron chi connectivity index (χ4n) is 1.71. The van der Waals surface area contributed by atoms with Gasteiger partial charge in [-0.3, -0.25) is 0 Å². The first-order valence-corrected chi connectivity index (χ1v) is 8.29. The van der Waals surface area contributed by atoms with Gasteiger partial charge in [0.1, 0.15) is 5.82 Å². The van der Waals surface area contributed by atoms with Crippen molar-refractivity contribution in [2.24, 2.45) is 0 Å². The molecule has 0 aromatic heterocycles. The zero-order chi connectivity index (χ0) is 17.1. The maximum Gasteiger partial charge on any atom is 0.123 e. The Morgan fingerprint density at radius 3 is 1.64 bits per heavy atom. The van der Waals surface area contributed by atoms with Crippen molar-refractivity contribution in [1.29, 1.82) is 0 Å². The van der Waals surface area contributed by atoms with E-state index in [4.69, 9.17) is 11.6 Å². The highest BCUT2D eigenvalue weighted by molar-refractivity contribution is 6.30. The molecule has 0 aliphatic heterocycles. The lowest BCUT2D eigenvalue weighted by atomic mass is 10.0. The largest absolute Gasteiger partial charge is 0.207 e. The summed E-state index contributed by atoms with van der Waals surface area (Å²) < 4.78 is 12.5. The highest BCUT2D eigenvalue weighted by Gasteiger charge is 1.98. The zero-order valence-electron chi connectivity index (χ0n) is 14.5. The topological polar surface area (TPSA) is 0 Å². The fourth-order valence-corrected chi connectivity index (χ4v) is 1.84. The first-order chi connectivity index (χ1) is 10.4. The predicted octanol–water partition coefficient (Wildman–Crippen LogP) is 7.44. The molecule has 2 aromatic rings. The van der Waals surface area contributed by atoms with Gasteiger partial charge in [0.05, 0.1) is 0 Å². The highest BCUT2D eigenvalue weighted by atomic mass is 35.5. The van der Waals surface area contributed by atoms with Crippen LogP contribution in [0.3, 0.4) is 0 Å². The molecular weight excluding hydrogens is 295 g/mol. The van der Waals surface area contributed by atoms with Crippen LogP contribution in [0.5, 0.6) is 0 Å². The van der Waals surface area contributed by atoms with Gasteiger partial charge in [-0.2, -0.15) is 0 Å². The lowest BCUT2D eigenvalue weighted by Crippen LogP contribution is -1.86. The molecule has 0 N–H and O–H groups in total. The summed E-state index contributed by atoms with van der Waals surface area (Å²) in [6, 6.07) is 14.7. The van der Waals surface area contributed by atoms with Crippen LogP contribution < -0.4 is 0 Å². The maximum atomic E-state index is 12.5. The monoisotopic (exact) mass is 322 g/mol. The van der Waals surface area contributed by atoms with Crippen LogP contribution in [0.25, 0.3) is 0 Å². The van der Waals surface area contributed by atoms with E-state index in [1.54, 1.807) is 12.1 Å². The fraction of sp³-hybridized carbons (Fsp3) is 0.400. The Hall–Kier alpha value is -1.34. The summed E-state index contributed by atoms with van der Waals surface area (Å²) in [6.45, 7) is 12.4. The van der Waals surface area contributed by atoms with Crippen molar-refractivity contribution in [3.05, 3.63) is 70.5 Å². The minimum atomic E-state index is -0.147. The maximum absolute atomic E-state index is 12.5. The van der Waals surface area contributed by atoms with Gasteiger partial charge < -0.3 is 0 Å². The summed E-state index contributed by atoms with van der Waals surface area (Å²) in [4.78, 5) is 0. The Labute approximate surface area is 140 Å². The van der Waals surface area contributed by atoms with Gasteiger partial charge in [0.2, 0.25) is 0 Å². The Balaban J connectivity index is 0.000000360. The van der Waals surface area contributed by atoms with Crippen LogP contribution in [0, 0.1) is 5.82 Å². The van der Waals surface area contributed by atoms with Crippen LogP contribution in [0.4, 0.5) is 4.39 Å². The number of halogens is 2. The Kier molecular flexibility index (Phi) is 10.6. The molecule has 0 saturated heterocycles. The van der Waals surface area contributed by atoms with Gasteiger partial charge >= 0.3 is 0 Å². The van der Waals surface area contributed by atoms with E-state index in [0.717, 1.165) is 10.6 Å². The highest BCUT2D eigenvalue weighted by Crippen LogP contribution is 2.16. The van der Waals surface area contributed by atoms with Crippen molar-refractivity contribution in [2.45, 2.75) is 53.4 Å². The molecule has 0 bridgehead atoms. The molecular formula is C20H28ClF. The number of hydrogen-bond acceptors (Lipinski definition) is 0. The number of benzene rings is 2. The molecule has 0 saturated carbocycles. The summed E-state index contributed by atoms with van der Waals surface area (Å²) in [5.74, 6) is 0.860. The molecule has 0 aliphatic rings. The van der Waals surface area contributed by atoms with E-state index in [9.17, 15) is 4.39 Å². The van der Waals surface area contributed by atoms with Gasteiger partial charge in [-0.15, -0.1) is 0 Å². The lowest BCUT2D eigenvalue weighted by molar-refractivity contribution is 0.623. The van der Waals surface area contributed by atoms with Crippen LogP contribution in [0.1, 0.15) is 64.5 Å². The SMILES string of the molecule is CC.CC(C)c1ccc(Cl)cc1.CC(C)c1cccc(F)c1. The van der Waals surface area contributed by atoms with Gasteiger partial charge in [0.15, 0.2) is 0 Å². The first-order valence-electron chi connectivity index (χ1n) is 7.91. The second-order valence-electron chi connectivity index (χ2n) is 5.42. The second kappa shape index (κ2) is 11.3. The molecule has 2 heteroatoms. The van der Waals surface area contributed by atoms with Gasteiger partial charge in [0.25, 0.3) is 0 Å². The molecule has 0 amide bonds. The molecule has 22 heavy (non-hydrogen) atoms. The van der Waals surface area contributed by atoms with Crippen molar-refractivity contribution >= 4 is 11.6 Å². The molecule has 0 fully saturated rings. The average molecular weight is 323 g/mol. The lowest BCUT2D eigenvalue weighted by Gasteiger charge is -2.03. The summed E-state index contributed by atoms with van der Waals surface area (Å²) >= 11 is 5.72. The smallest absolute Gasteiger partial charge is 0.123 e. The van der Waals surface area contributed by atoms with Crippen molar-refractivity contribution in [3.63, 3.8) is 0 Å². The second-order valence-corrected chi connectivity index (χ2v) is 5.85. The van der Waals surface area contributed by atoms with E-state index in [0.29, 0.717) is 11.8 Å². The number of rotatable bonds is 2. The van der Waals surface area contributed by atoms with E-state index in [1.165, 1.54) is 11.6 Å². The van der Waals surface area contributed by atoms with Crippen LogP contribution in [0.15, 0.2) is 48.5 Å². The van der Waals surface area contributed by atoms with Crippen molar-refractivity contribution in [1.82, 2.24) is 0 Å². The van der Waals surface area contributed by atoms with Gasteiger partial charge in [-0.25, -0.2) is 4.39 Å². The normalized spacial score (nSPS) is 9.73. The summed E-state index contributed by atoms with van der Waals surface area (Å²) in [6.07, 6.45) is 0. The van der Waals surface area contributed by atoms with Crippen LogP contribution >= 0.6 is 11.6 Å². The third-order valence-electron chi connectivity index (χ3n) is 3.05. The van der Waals surface area contributed by atoms with Crippen LogP contribution in [0.2, 0.25) is 5.02 Å². The zero-order valence-corrected chi connectivity index (χ0v) is 15.3. The van der Waals surface area contributed by atoms with Crippen LogP contribution in [-0.2, 0) is 0 Å². The van der Waals surface area contributed by atoms with E-state index in [2.05, 4.69) is 39.8 Å². The Morgan fingerprint density at radius 1 is 0.773 bits per heavy atom. The Bertz CT molecular complexity index is 515. The molecule has 0 radical (unpaired) electrons. The standard InChI is InChI=1S/C9H11Cl.C9H11F.C2H6/c1-7(2)8-3-5-9(10)6-4-8;1-7(2)8-4-3-5-9(10)6-8;1-2/h2*3-7H,1-2H3;1-2H3. The molecule has 0 unspecified atom stereocenters. The van der Waals surface area contributed by atoms with Crippen molar-refractivity contribution < 1.29 is 4.39 Å². The molecule has 0 heterocycles.